The number of nitrogens with zero attached hydrogens (tertiary/aromatic N) is 3. The van der Waals surface area contributed by atoms with Crippen molar-refractivity contribution in [2.75, 3.05) is 12.0 Å². The third kappa shape index (κ3) is 4.56. The number of benzene rings is 2. The molecule has 2 aromatic carbocycles. The Kier molecular flexibility index (Phi) is 7.00. The fourth-order valence-corrected chi connectivity index (χ4v) is 6.60. The molecule has 2 aliphatic rings. The quantitative estimate of drug-likeness (QED) is 0.461. The lowest BCUT2D eigenvalue weighted by atomic mass is 10.1. The van der Waals surface area contributed by atoms with Crippen molar-refractivity contribution in [3.63, 3.8) is 0 Å². The second-order valence-electron chi connectivity index (χ2n) is 8.60. The highest BCUT2D eigenvalue weighted by atomic mass is 32.2. The van der Waals surface area contributed by atoms with E-state index in [1.54, 1.807) is 12.1 Å². The van der Waals surface area contributed by atoms with Gasteiger partial charge in [0.25, 0.3) is 5.91 Å². The largest absolute Gasteiger partial charge is 0.497 e. The van der Waals surface area contributed by atoms with Gasteiger partial charge in [-0.25, -0.2) is 13.3 Å². The number of hydrogen-bond donors (Lipinski definition) is 0. The van der Waals surface area contributed by atoms with Crippen molar-refractivity contribution in [3.8, 4) is 11.8 Å². The summed E-state index contributed by atoms with van der Waals surface area (Å²) >= 11 is 0. The van der Waals surface area contributed by atoms with E-state index in [2.05, 4.69) is 0 Å². The topological polar surface area (TPSA) is 108 Å². The van der Waals surface area contributed by atoms with Gasteiger partial charge in [-0.15, -0.1) is 0 Å². The lowest BCUT2D eigenvalue weighted by Gasteiger charge is -2.33. The summed E-state index contributed by atoms with van der Waals surface area (Å²) in [6, 6.07) is 12.7. The average Bonchev–Trinajstić information content (AvgIpc) is 3.00. The molecule has 1 saturated heterocycles. The van der Waals surface area contributed by atoms with Gasteiger partial charge in [0.15, 0.2) is 0 Å². The van der Waals surface area contributed by atoms with Gasteiger partial charge in [-0.05, 0) is 61.4 Å². The van der Waals surface area contributed by atoms with Crippen molar-refractivity contribution < 1.29 is 22.7 Å². The van der Waals surface area contributed by atoms with Crippen LogP contribution >= 0.6 is 0 Å². The molecule has 34 heavy (non-hydrogen) atoms. The van der Waals surface area contributed by atoms with E-state index in [-0.39, 0.29) is 17.4 Å². The summed E-state index contributed by atoms with van der Waals surface area (Å²) in [6.45, 7) is 0. The second-order valence-corrected chi connectivity index (χ2v) is 10.4. The summed E-state index contributed by atoms with van der Waals surface area (Å²) in [5.74, 6) is -0.488. The van der Waals surface area contributed by atoms with Crippen LogP contribution in [0.4, 0.5) is 5.69 Å². The summed E-state index contributed by atoms with van der Waals surface area (Å²) in [6.07, 6.45) is 4.84. The highest BCUT2D eigenvalue weighted by Gasteiger charge is 2.49. The molecular formula is C25H27N3O5S. The maximum atomic E-state index is 13.9. The summed E-state index contributed by atoms with van der Waals surface area (Å²) in [4.78, 5) is 27.6. The Hall–Kier alpha value is -3.22. The van der Waals surface area contributed by atoms with Crippen LogP contribution in [-0.2, 0) is 19.6 Å². The maximum absolute atomic E-state index is 13.9. The van der Waals surface area contributed by atoms with E-state index in [9.17, 15) is 18.0 Å². The number of imide groups is 1. The molecule has 1 saturated carbocycles. The molecule has 0 aromatic heterocycles. The van der Waals surface area contributed by atoms with Crippen LogP contribution in [-0.4, -0.2) is 43.7 Å². The number of methoxy groups -OCH3 is 1. The lowest BCUT2D eigenvalue weighted by molar-refractivity contribution is -0.122. The summed E-state index contributed by atoms with van der Waals surface area (Å²) < 4.78 is 34.2. The zero-order chi connectivity index (χ0) is 24.3. The third-order valence-electron chi connectivity index (χ3n) is 6.50. The lowest BCUT2D eigenvalue weighted by Crippen LogP contribution is -2.50. The molecule has 1 heterocycles. The highest BCUT2D eigenvalue weighted by molar-refractivity contribution is 7.89. The van der Waals surface area contributed by atoms with E-state index in [1.807, 2.05) is 6.07 Å². The smallest absolute Gasteiger partial charge is 0.252 e. The molecule has 2 fully saturated rings. The molecule has 0 spiro atoms. The van der Waals surface area contributed by atoms with Crippen molar-refractivity contribution in [3.05, 3.63) is 54.1 Å². The first kappa shape index (κ1) is 23.9. The van der Waals surface area contributed by atoms with Crippen molar-refractivity contribution in [2.24, 2.45) is 0 Å². The van der Waals surface area contributed by atoms with E-state index in [1.165, 1.54) is 47.8 Å². The molecule has 4 rings (SSSR count). The first-order valence-electron chi connectivity index (χ1n) is 11.4. The Morgan fingerprint density at radius 3 is 2.15 bits per heavy atom. The van der Waals surface area contributed by atoms with Gasteiger partial charge in [0, 0.05) is 6.04 Å². The van der Waals surface area contributed by atoms with Gasteiger partial charge in [-0.1, -0.05) is 25.7 Å². The maximum Gasteiger partial charge on any atom is 0.252 e. The summed E-state index contributed by atoms with van der Waals surface area (Å²) in [5.41, 5.74) is 0.737. The number of amides is 2. The van der Waals surface area contributed by atoms with Crippen molar-refractivity contribution in [1.29, 1.82) is 5.26 Å². The molecule has 1 aliphatic heterocycles. The predicted molar refractivity (Wildman–Crippen MR) is 126 cm³/mol. The Bertz CT molecular complexity index is 1190. The molecule has 178 valence electrons. The number of nitriles is 1. The Balaban J connectivity index is 1.73. The van der Waals surface area contributed by atoms with E-state index >= 15 is 0 Å². The SMILES string of the molecule is COc1ccc(S(=O)(=O)N(C2CCCCCC2)C2CC(=O)N(c3ccc(C#N)cc3)C2=O)cc1. The molecule has 9 heteroatoms. The first-order chi connectivity index (χ1) is 16.4. The van der Waals surface area contributed by atoms with E-state index in [0.29, 0.717) is 29.8 Å². The number of carbonyl (C=O) groups excluding carboxylic acids is 2. The summed E-state index contributed by atoms with van der Waals surface area (Å²) in [5, 5.41) is 9.03. The van der Waals surface area contributed by atoms with Crippen LogP contribution in [0.15, 0.2) is 53.4 Å². The molecule has 2 aromatic rings. The monoisotopic (exact) mass is 481 g/mol. The van der Waals surface area contributed by atoms with Crippen molar-refractivity contribution in [1.82, 2.24) is 4.31 Å². The van der Waals surface area contributed by atoms with Crippen LogP contribution in [0.2, 0.25) is 0 Å². The minimum Gasteiger partial charge on any atom is -0.497 e. The Morgan fingerprint density at radius 2 is 1.59 bits per heavy atom. The van der Waals surface area contributed by atoms with Gasteiger partial charge in [-0.3, -0.25) is 9.59 Å². The van der Waals surface area contributed by atoms with Gasteiger partial charge in [0.05, 0.1) is 35.7 Å². The van der Waals surface area contributed by atoms with E-state index in [4.69, 9.17) is 10.00 Å². The predicted octanol–water partition coefficient (Wildman–Crippen LogP) is 3.61. The minimum absolute atomic E-state index is 0.0645. The molecule has 1 aliphatic carbocycles. The summed E-state index contributed by atoms with van der Waals surface area (Å²) in [7, 11) is -2.56. The van der Waals surface area contributed by atoms with E-state index < -0.39 is 27.9 Å². The molecule has 8 nitrogen and oxygen atoms in total. The molecule has 2 amide bonds. The number of anilines is 1. The second kappa shape index (κ2) is 9.95. The Morgan fingerprint density at radius 1 is 0.971 bits per heavy atom. The van der Waals surface area contributed by atoms with Crippen LogP contribution in [0.3, 0.4) is 0 Å². The molecular weight excluding hydrogens is 454 g/mol. The van der Waals surface area contributed by atoms with Gasteiger partial charge in [-0.2, -0.15) is 9.57 Å². The molecule has 0 bridgehead atoms. The molecule has 1 atom stereocenters. The van der Waals surface area contributed by atoms with Crippen LogP contribution in [0.1, 0.15) is 50.5 Å². The Labute approximate surface area is 199 Å². The van der Waals surface area contributed by atoms with Gasteiger partial charge < -0.3 is 4.74 Å². The van der Waals surface area contributed by atoms with Crippen molar-refractivity contribution in [2.45, 2.75) is 61.9 Å². The van der Waals surface area contributed by atoms with Crippen molar-refractivity contribution >= 4 is 27.5 Å². The number of carbonyl (C=O) groups is 2. The van der Waals surface area contributed by atoms with Crippen LogP contribution in [0.25, 0.3) is 0 Å². The van der Waals surface area contributed by atoms with E-state index in [0.717, 1.165) is 30.6 Å². The minimum atomic E-state index is -4.06. The normalized spacial score (nSPS) is 19.8. The van der Waals surface area contributed by atoms with Gasteiger partial charge in [0.1, 0.15) is 11.8 Å². The zero-order valence-electron chi connectivity index (χ0n) is 19.0. The third-order valence-corrected chi connectivity index (χ3v) is 8.48. The van der Waals surface area contributed by atoms with Gasteiger partial charge in [0.2, 0.25) is 15.9 Å². The number of hydrogen-bond acceptors (Lipinski definition) is 6. The molecule has 0 radical (unpaired) electrons. The van der Waals surface area contributed by atoms with Crippen LogP contribution in [0, 0.1) is 11.3 Å². The van der Waals surface area contributed by atoms with Crippen LogP contribution < -0.4 is 9.64 Å². The fraction of sp³-hybridized carbons (Fsp3) is 0.400. The number of ether oxygens (including phenoxy) is 1. The fourth-order valence-electron chi connectivity index (χ4n) is 4.77. The zero-order valence-corrected chi connectivity index (χ0v) is 19.8. The van der Waals surface area contributed by atoms with Gasteiger partial charge >= 0.3 is 0 Å². The number of sulfonamides is 1. The van der Waals surface area contributed by atoms with Crippen LogP contribution in [0.5, 0.6) is 5.75 Å². The molecule has 1 unspecified atom stereocenters. The molecule has 0 N–H and O–H groups in total. The first-order valence-corrected chi connectivity index (χ1v) is 12.9. The highest BCUT2D eigenvalue weighted by Crippen LogP contribution is 2.35. The average molecular weight is 482 g/mol. The standard InChI is InChI=1S/C25H27N3O5S/c1-33-21-12-14-22(15-13-21)34(31,32)28(20-6-4-2-3-5-7-20)23-16-24(29)27(25(23)30)19-10-8-18(17-26)9-11-19/h8-15,20,23H,2-7,16H2,1H3. The number of rotatable bonds is 6.